The quantitative estimate of drug-likeness (QED) is 0.495. The number of carbonyl (C=O) groups excluding carboxylic acids is 1. The van der Waals surface area contributed by atoms with E-state index in [2.05, 4.69) is 27.1 Å². The van der Waals surface area contributed by atoms with E-state index in [1.165, 1.54) is 18.5 Å². The highest BCUT2D eigenvalue weighted by atomic mass is 16.5. The summed E-state index contributed by atoms with van der Waals surface area (Å²) < 4.78 is 5.26. The monoisotopic (exact) mass is 286 g/mol. The highest BCUT2D eigenvalue weighted by molar-refractivity contribution is 6.22. The summed E-state index contributed by atoms with van der Waals surface area (Å²) in [7, 11) is 0. The zero-order chi connectivity index (χ0) is 15.2. The summed E-state index contributed by atoms with van der Waals surface area (Å²) in [6.07, 6.45) is 2.78. The summed E-state index contributed by atoms with van der Waals surface area (Å²) in [5.74, 6) is 0.159. The standard InChI is InChI=1S/C14H14N4O3/c1-3-21-12-6-10(4-5-11(12)19)8-16-18-14-15-7-9(2)13(20)17-14/h4-8,19H,2-3H2,1H3,(H,17,18,20)/b16-8+. The molecule has 1 aliphatic heterocycles. The predicted octanol–water partition coefficient (Wildman–Crippen LogP) is 1.24. The second-order valence-electron chi connectivity index (χ2n) is 4.07. The van der Waals surface area contributed by atoms with Gasteiger partial charge in [0.1, 0.15) is 0 Å². The van der Waals surface area contributed by atoms with E-state index in [9.17, 15) is 9.90 Å². The predicted molar refractivity (Wildman–Crippen MR) is 80.1 cm³/mol. The number of hydrogen-bond donors (Lipinski definition) is 2. The molecule has 0 spiro atoms. The van der Waals surface area contributed by atoms with Crippen LogP contribution in [0.25, 0.3) is 0 Å². The maximum atomic E-state index is 11.3. The molecule has 1 aliphatic rings. The summed E-state index contributed by atoms with van der Waals surface area (Å²) in [6, 6.07) is 4.79. The molecule has 0 atom stereocenters. The number of guanidine groups is 1. The van der Waals surface area contributed by atoms with Gasteiger partial charge in [0, 0.05) is 6.21 Å². The summed E-state index contributed by atoms with van der Waals surface area (Å²) in [4.78, 5) is 15.2. The van der Waals surface area contributed by atoms with Gasteiger partial charge in [-0.1, -0.05) is 6.58 Å². The molecule has 0 bridgehead atoms. The van der Waals surface area contributed by atoms with Gasteiger partial charge in [0.2, 0.25) is 5.96 Å². The molecule has 108 valence electrons. The second-order valence-corrected chi connectivity index (χ2v) is 4.07. The van der Waals surface area contributed by atoms with Gasteiger partial charge in [-0.15, -0.1) is 5.10 Å². The average Bonchev–Trinajstić information content (AvgIpc) is 2.46. The Morgan fingerprint density at radius 1 is 1.52 bits per heavy atom. The average molecular weight is 286 g/mol. The Morgan fingerprint density at radius 3 is 3.05 bits per heavy atom. The maximum absolute atomic E-state index is 11.3. The van der Waals surface area contributed by atoms with Gasteiger partial charge in [-0.2, -0.15) is 5.10 Å². The molecule has 0 saturated carbocycles. The summed E-state index contributed by atoms with van der Waals surface area (Å²) in [5, 5.41) is 19.6. The minimum absolute atomic E-state index is 0.0583. The summed E-state index contributed by atoms with van der Waals surface area (Å²) >= 11 is 0. The lowest BCUT2D eigenvalue weighted by Gasteiger charge is -2.07. The smallest absolute Gasteiger partial charge is 0.259 e. The number of nitrogens with one attached hydrogen (secondary N) is 1. The van der Waals surface area contributed by atoms with Gasteiger partial charge in [-0.25, -0.2) is 4.99 Å². The highest BCUT2D eigenvalue weighted by Gasteiger charge is 2.12. The van der Waals surface area contributed by atoms with Gasteiger partial charge in [0.15, 0.2) is 11.5 Å². The van der Waals surface area contributed by atoms with E-state index >= 15 is 0 Å². The summed E-state index contributed by atoms with van der Waals surface area (Å²) in [5.41, 5.74) is 0.953. The van der Waals surface area contributed by atoms with E-state index < -0.39 is 0 Å². The van der Waals surface area contributed by atoms with Crippen LogP contribution in [-0.2, 0) is 4.79 Å². The number of rotatable bonds is 4. The Hall–Kier alpha value is -2.96. The number of phenolic OH excluding ortho intramolecular Hbond substituents is 1. The minimum atomic E-state index is -0.359. The number of benzene rings is 1. The zero-order valence-corrected chi connectivity index (χ0v) is 11.4. The van der Waals surface area contributed by atoms with Crippen molar-refractivity contribution in [3.63, 3.8) is 0 Å². The highest BCUT2D eigenvalue weighted by Crippen LogP contribution is 2.26. The number of nitrogens with zero attached hydrogens (tertiary/aromatic N) is 3. The van der Waals surface area contributed by atoms with Gasteiger partial charge >= 0.3 is 0 Å². The number of amides is 1. The second kappa shape index (κ2) is 6.47. The lowest BCUT2D eigenvalue weighted by molar-refractivity contribution is -0.115. The van der Waals surface area contributed by atoms with Crippen LogP contribution in [0.3, 0.4) is 0 Å². The Kier molecular flexibility index (Phi) is 4.45. The molecule has 1 aromatic rings. The van der Waals surface area contributed by atoms with Crippen molar-refractivity contribution in [2.45, 2.75) is 6.92 Å². The van der Waals surface area contributed by atoms with Crippen molar-refractivity contribution in [2.75, 3.05) is 6.61 Å². The van der Waals surface area contributed by atoms with Crippen molar-refractivity contribution < 1.29 is 14.6 Å². The van der Waals surface area contributed by atoms with E-state index in [1.54, 1.807) is 12.1 Å². The largest absolute Gasteiger partial charge is 0.504 e. The molecule has 7 nitrogen and oxygen atoms in total. The van der Waals surface area contributed by atoms with E-state index in [1.807, 2.05) is 6.92 Å². The Balaban J connectivity index is 2.11. The first kappa shape index (κ1) is 14.4. The van der Waals surface area contributed by atoms with Crippen LogP contribution in [0.15, 0.2) is 45.5 Å². The van der Waals surface area contributed by atoms with E-state index in [-0.39, 0.29) is 23.2 Å². The lowest BCUT2D eigenvalue weighted by atomic mass is 10.2. The molecule has 0 aliphatic carbocycles. The third-order valence-electron chi connectivity index (χ3n) is 2.50. The molecular formula is C14H14N4O3. The van der Waals surface area contributed by atoms with Gasteiger partial charge in [0.25, 0.3) is 5.91 Å². The van der Waals surface area contributed by atoms with Crippen LogP contribution in [0.2, 0.25) is 0 Å². The molecule has 21 heavy (non-hydrogen) atoms. The van der Waals surface area contributed by atoms with Crippen molar-refractivity contribution in [2.24, 2.45) is 15.2 Å². The first-order valence-electron chi connectivity index (χ1n) is 6.21. The first-order valence-corrected chi connectivity index (χ1v) is 6.21. The molecule has 0 aromatic heterocycles. The van der Waals surface area contributed by atoms with Crippen LogP contribution in [0.4, 0.5) is 0 Å². The van der Waals surface area contributed by atoms with Gasteiger partial charge < -0.3 is 9.84 Å². The molecular weight excluding hydrogens is 272 g/mol. The fourth-order valence-electron chi connectivity index (χ4n) is 1.49. The fourth-order valence-corrected chi connectivity index (χ4v) is 1.49. The van der Waals surface area contributed by atoms with Gasteiger partial charge in [-0.05, 0) is 30.7 Å². The Bertz CT molecular complexity index is 662. The van der Waals surface area contributed by atoms with Gasteiger partial charge in [0.05, 0.1) is 18.4 Å². The Labute approximate surface area is 121 Å². The molecule has 0 radical (unpaired) electrons. The normalized spacial score (nSPS) is 16.5. The summed E-state index contributed by atoms with van der Waals surface area (Å²) in [6.45, 7) is 5.77. The van der Waals surface area contributed by atoms with Crippen molar-refractivity contribution in [3.05, 3.63) is 35.9 Å². The lowest BCUT2D eigenvalue weighted by Crippen LogP contribution is -2.34. The minimum Gasteiger partial charge on any atom is -0.504 e. The number of aromatic hydroxyl groups is 1. The van der Waals surface area contributed by atoms with E-state index in [0.717, 1.165) is 0 Å². The molecule has 2 rings (SSSR count). The molecule has 0 fully saturated rings. The third-order valence-corrected chi connectivity index (χ3v) is 2.50. The molecule has 0 unspecified atom stereocenters. The van der Waals surface area contributed by atoms with E-state index in [0.29, 0.717) is 17.9 Å². The SMILES string of the molecule is C=C1C=N/C(=N/N=C/c2ccc(O)c(OCC)c2)NC1=O. The van der Waals surface area contributed by atoms with Gasteiger partial charge in [-0.3, -0.25) is 10.1 Å². The van der Waals surface area contributed by atoms with Crippen LogP contribution in [0.5, 0.6) is 11.5 Å². The maximum Gasteiger partial charge on any atom is 0.259 e. The molecule has 1 aromatic carbocycles. The number of hydrogen-bond acceptors (Lipinski definition) is 5. The van der Waals surface area contributed by atoms with Crippen molar-refractivity contribution in [3.8, 4) is 11.5 Å². The zero-order valence-electron chi connectivity index (χ0n) is 11.4. The van der Waals surface area contributed by atoms with Crippen molar-refractivity contribution in [1.82, 2.24) is 5.32 Å². The third kappa shape index (κ3) is 3.75. The molecule has 1 amide bonds. The Morgan fingerprint density at radius 2 is 2.33 bits per heavy atom. The number of ether oxygens (including phenoxy) is 1. The van der Waals surface area contributed by atoms with Crippen LogP contribution >= 0.6 is 0 Å². The number of carbonyl (C=O) groups is 1. The van der Waals surface area contributed by atoms with Crippen molar-refractivity contribution >= 4 is 24.3 Å². The van der Waals surface area contributed by atoms with Crippen LogP contribution < -0.4 is 10.1 Å². The first-order chi connectivity index (χ1) is 10.1. The fraction of sp³-hybridized carbons (Fsp3) is 0.143. The molecule has 7 heteroatoms. The topological polar surface area (TPSA) is 95.6 Å². The number of aliphatic imine (C=N–C) groups is 1. The van der Waals surface area contributed by atoms with Crippen LogP contribution in [0, 0.1) is 0 Å². The van der Waals surface area contributed by atoms with E-state index in [4.69, 9.17) is 4.74 Å². The molecule has 0 saturated heterocycles. The molecule has 2 N–H and O–H groups in total. The molecule has 1 heterocycles. The van der Waals surface area contributed by atoms with Crippen LogP contribution in [0.1, 0.15) is 12.5 Å². The van der Waals surface area contributed by atoms with Crippen molar-refractivity contribution in [1.29, 1.82) is 0 Å². The van der Waals surface area contributed by atoms with Crippen LogP contribution in [-0.4, -0.2) is 36.0 Å². The number of phenols is 1.